The van der Waals surface area contributed by atoms with Gasteiger partial charge in [0.15, 0.2) is 11.5 Å². The van der Waals surface area contributed by atoms with Crippen LogP contribution in [0.5, 0.6) is 17.4 Å². The van der Waals surface area contributed by atoms with Crippen molar-refractivity contribution in [3.63, 3.8) is 0 Å². The van der Waals surface area contributed by atoms with Crippen LogP contribution in [-0.2, 0) is 13.1 Å². The second-order valence-electron chi connectivity index (χ2n) is 8.63. The maximum atomic E-state index is 13.6. The molecule has 0 unspecified atom stereocenters. The monoisotopic (exact) mass is 527 g/mol. The topological polar surface area (TPSA) is 56.6 Å². The first kappa shape index (κ1) is 25.2. The van der Waals surface area contributed by atoms with Crippen LogP contribution in [0.2, 0.25) is 0 Å². The molecule has 5 rings (SSSR count). The molecule has 2 aromatic heterocycles. The first-order chi connectivity index (χ1) is 18.5. The summed E-state index contributed by atoms with van der Waals surface area (Å²) in [6.07, 6.45) is 0. The van der Waals surface area contributed by atoms with Crippen LogP contribution in [-0.4, -0.2) is 27.7 Å². The summed E-state index contributed by atoms with van der Waals surface area (Å²) < 4.78 is 27.3. The largest absolute Gasteiger partial charge is 0.493 e. The summed E-state index contributed by atoms with van der Waals surface area (Å²) in [4.78, 5) is 16.0. The number of aryl methyl sites for hydroxylation is 1. The van der Waals surface area contributed by atoms with Crippen LogP contribution in [0.4, 0.5) is 4.39 Å². The van der Waals surface area contributed by atoms with E-state index in [9.17, 15) is 9.18 Å². The summed E-state index contributed by atoms with van der Waals surface area (Å²) in [5.41, 5.74) is 3.12. The van der Waals surface area contributed by atoms with Crippen LogP contribution in [0.15, 0.2) is 96.4 Å². The van der Waals surface area contributed by atoms with Crippen LogP contribution in [0.25, 0.3) is 5.69 Å². The number of rotatable bonds is 9. The number of carbonyl (C=O) groups excluding carboxylic acids is 1. The number of hydrogen-bond donors (Lipinski definition) is 0. The molecule has 0 atom stereocenters. The molecular formula is C30H26FN3O3S. The molecule has 0 aliphatic heterocycles. The summed E-state index contributed by atoms with van der Waals surface area (Å²) >= 11 is 1.38. The Balaban J connectivity index is 1.58. The van der Waals surface area contributed by atoms with Gasteiger partial charge in [0, 0.05) is 6.54 Å². The van der Waals surface area contributed by atoms with E-state index in [4.69, 9.17) is 14.6 Å². The van der Waals surface area contributed by atoms with Crippen LogP contribution in [0, 0.1) is 12.7 Å². The number of aromatic nitrogens is 2. The van der Waals surface area contributed by atoms with Gasteiger partial charge in [-0.15, -0.1) is 11.3 Å². The standard InChI is InChI=1S/C30H26FN3O3S/c1-21-25(20-33(29(35)28-13-8-18-38-28)19-22-14-16-23(31)17-15-22)30(34(32-21)24-9-4-3-5-10-24)37-27-12-7-6-11-26(27)36-2/h3-18H,19-20H2,1-2H3. The Bertz CT molecular complexity index is 1520. The fraction of sp³-hybridized carbons (Fsp3) is 0.133. The minimum Gasteiger partial charge on any atom is -0.493 e. The molecule has 5 aromatic rings. The van der Waals surface area contributed by atoms with Crippen molar-refractivity contribution < 1.29 is 18.7 Å². The lowest BCUT2D eigenvalue weighted by atomic mass is 10.1. The number of methoxy groups -OCH3 is 1. The molecule has 0 bridgehead atoms. The molecule has 38 heavy (non-hydrogen) atoms. The number of ether oxygens (including phenoxy) is 2. The molecule has 0 fully saturated rings. The highest BCUT2D eigenvalue weighted by atomic mass is 32.1. The number of halogens is 1. The molecule has 3 aromatic carbocycles. The van der Waals surface area contributed by atoms with E-state index in [2.05, 4.69) is 0 Å². The molecule has 8 heteroatoms. The Morgan fingerprint density at radius 1 is 0.921 bits per heavy atom. The minimum atomic E-state index is -0.322. The zero-order valence-corrected chi connectivity index (χ0v) is 21.8. The number of nitrogens with zero attached hydrogens (tertiary/aromatic N) is 3. The predicted molar refractivity (Wildman–Crippen MR) is 146 cm³/mol. The minimum absolute atomic E-state index is 0.126. The van der Waals surface area contributed by atoms with Gasteiger partial charge in [-0.2, -0.15) is 5.10 Å². The molecule has 192 valence electrons. The SMILES string of the molecule is COc1ccccc1Oc1c(CN(Cc2ccc(F)cc2)C(=O)c2cccs2)c(C)nn1-c1ccccc1. The first-order valence-corrected chi connectivity index (χ1v) is 12.9. The van der Waals surface area contributed by atoms with E-state index in [1.54, 1.807) is 34.9 Å². The molecule has 0 saturated carbocycles. The van der Waals surface area contributed by atoms with Gasteiger partial charge in [-0.25, -0.2) is 9.07 Å². The number of thiophene rings is 1. The number of benzene rings is 3. The van der Waals surface area contributed by atoms with Crippen molar-refractivity contribution in [1.82, 2.24) is 14.7 Å². The smallest absolute Gasteiger partial charge is 0.264 e. The fourth-order valence-corrected chi connectivity index (χ4v) is 4.82. The molecule has 0 N–H and O–H groups in total. The van der Waals surface area contributed by atoms with Gasteiger partial charge in [0.25, 0.3) is 5.91 Å². The third-order valence-corrected chi connectivity index (χ3v) is 6.93. The van der Waals surface area contributed by atoms with Crippen molar-refractivity contribution >= 4 is 17.2 Å². The van der Waals surface area contributed by atoms with Crippen LogP contribution in [0.1, 0.15) is 26.5 Å². The van der Waals surface area contributed by atoms with Gasteiger partial charge in [0.2, 0.25) is 5.88 Å². The number of hydrogen-bond acceptors (Lipinski definition) is 5. The van der Waals surface area contributed by atoms with Gasteiger partial charge in [-0.3, -0.25) is 4.79 Å². The van der Waals surface area contributed by atoms with Gasteiger partial charge in [-0.1, -0.05) is 48.5 Å². The molecule has 0 aliphatic rings. The Labute approximate surface area is 224 Å². The number of para-hydroxylation sites is 3. The molecule has 0 saturated heterocycles. The third-order valence-electron chi connectivity index (χ3n) is 6.07. The molecule has 6 nitrogen and oxygen atoms in total. The highest BCUT2D eigenvalue weighted by molar-refractivity contribution is 7.12. The maximum absolute atomic E-state index is 13.6. The highest BCUT2D eigenvalue weighted by Gasteiger charge is 2.25. The van der Waals surface area contributed by atoms with E-state index in [1.165, 1.54) is 23.5 Å². The Morgan fingerprint density at radius 2 is 1.63 bits per heavy atom. The van der Waals surface area contributed by atoms with Crippen LogP contribution in [0.3, 0.4) is 0 Å². The quantitative estimate of drug-likeness (QED) is 0.207. The normalized spacial score (nSPS) is 10.8. The lowest BCUT2D eigenvalue weighted by Crippen LogP contribution is -2.30. The second kappa shape index (κ2) is 11.3. The third kappa shape index (κ3) is 5.45. The van der Waals surface area contributed by atoms with Gasteiger partial charge < -0.3 is 14.4 Å². The Kier molecular flexibility index (Phi) is 7.51. The van der Waals surface area contributed by atoms with Crippen LogP contribution >= 0.6 is 11.3 Å². The van der Waals surface area contributed by atoms with Crippen molar-refractivity contribution in [3.05, 3.63) is 124 Å². The van der Waals surface area contributed by atoms with Crippen LogP contribution < -0.4 is 9.47 Å². The number of carbonyl (C=O) groups is 1. The Morgan fingerprint density at radius 3 is 2.32 bits per heavy atom. The van der Waals surface area contributed by atoms with Crippen molar-refractivity contribution in [2.75, 3.05) is 7.11 Å². The van der Waals surface area contributed by atoms with Crippen molar-refractivity contribution in [3.8, 4) is 23.1 Å². The van der Waals surface area contributed by atoms with Crippen molar-refractivity contribution in [2.24, 2.45) is 0 Å². The lowest BCUT2D eigenvalue weighted by Gasteiger charge is -2.23. The van der Waals surface area contributed by atoms with E-state index in [0.29, 0.717) is 28.8 Å². The zero-order valence-electron chi connectivity index (χ0n) is 21.0. The van der Waals surface area contributed by atoms with E-state index < -0.39 is 0 Å². The molecule has 1 amide bonds. The average molecular weight is 528 g/mol. The zero-order chi connectivity index (χ0) is 26.5. The highest BCUT2D eigenvalue weighted by Crippen LogP contribution is 2.36. The van der Waals surface area contributed by atoms with Gasteiger partial charge in [0.05, 0.1) is 35.5 Å². The maximum Gasteiger partial charge on any atom is 0.264 e. The molecular weight excluding hydrogens is 501 g/mol. The summed E-state index contributed by atoms with van der Waals surface area (Å²) in [6.45, 7) is 2.42. The van der Waals surface area contributed by atoms with Crippen molar-refractivity contribution in [2.45, 2.75) is 20.0 Å². The second-order valence-corrected chi connectivity index (χ2v) is 9.58. The first-order valence-electron chi connectivity index (χ1n) is 12.1. The van der Waals surface area contributed by atoms with Crippen molar-refractivity contribution in [1.29, 1.82) is 0 Å². The average Bonchev–Trinajstić information content (AvgIpc) is 3.59. The Hall–Kier alpha value is -4.43. The summed E-state index contributed by atoms with van der Waals surface area (Å²) in [5, 5.41) is 6.67. The fourth-order valence-electron chi connectivity index (χ4n) is 4.13. The van der Waals surface area contributed by atoms with E-state index >= 15 is 0 Å². The van der Waals surface area contributed by atoms with Gasteiger partial charge in [-0.05, 0) is 60.3 Å². The molecule has 0 aliphatic carbocycles. The molecule has 0 radical (unpaired) electrons. The molecule has 2 heterocycles. The van der Waals surface area contributed by atoms with E-state index in [1.807, 2.05) is 73.0 Å². The predicted octanol–water partition coefficient (Wildman–Crippen LogP) is 7.02. The van der Waals surface area contributed by atoms with E-state index in [0.717, 1.165) is 22.5 Å². The summed E-state index contributed by atoms with van der Waals surface area (Å²) in [6, 6.07) is 26.9. The lowest BCUT2D eigenvalue weighted by molar-refractivity contribution is 0.0734. The summed E-state index contributed by atoms with van der Waals surface area (Å²) in [5.74, 6) is 1.15. The number of amides is 1. The van der Waals surface area contributed by atoms with E-state index in [-0.39, 0.29) is 18.3 Å². The van der Waals surface area contributed by atoms with Gasteiger partial charge >= 0.3 is 0 Å². The molecule has 0 spiro atoms. The van der Waals surface area contributed by atoms with Gasteiger partial charge in [0.1, 0.15) is 5.82 Å². The summed E-state index contributed by atoms with van der Waals surface area (Å²) in [7, 11) is 1.59.